The molecule has 1 amide bonds. The lowest BCUT2D eigenvalue weighted by molar-refractivity contribution is -0.700. The summed E-state index contributed by atoms with van der Waals surface area (Å²) in [4.78, 5) is 28.3. The zero-order valence-corrected chi connectivity index (χ0v) is 18.5. The monoisotopic (exact) mass is 446 g/mol. The van der Waals surface area contributed by atoms with E-state index in [0.29, 0.717) is 17.8 Å². The zero-order chi connectivity index (χ0) is 22.3. The molecule has 0 saturated carbocycles. The predicted molar refractivity (Wildman–Crippen MR) is 126 cm³/mol. The molecule has 4 rings (SSSR count). The van der Waals surface area contributed by atoms with Crippen LogP contribution in [0.15, 0.2) is 84.0 Å². The zero-order valence-electron chi connectivity index (χ0n) is 17.7. The highest BCUT2D eigenvalue weighted by Crippen LogP contribution is 2.21. The molecule has 0 bridgehead atoms. The van der Waals surface area contributed by atoms with Gasteiger partial charge in [-0.1, -0.05) is 54.6 Å². The molecule has 7 heteroatoms. The van der Waals surface area contributed by atoms with Gasteiger partial charge in [0.2, 0.25) is 5.91 Å². The van der Waals surface area contributed by atoms with Crippen molar-refractivity contribution in [3.63, 3.8) is 0 Å². The summed E-state index contributed by atoms with van der Waals surface area (Å²) in [5.41, 5.74) is 4.06. The molecule has 0 unspecified atom stereocenters. The summed E-state index contributed by atoms with van der Waals surface area (Å²) in [7, 11) is 0. The number of anilines is 1. The van der Waals surface area contributed by atoms with Gasteiger partial charge in [0.15, 0.2) is 11.0 Å². The Morgan fingerprint density at radius 1 is 0.969 bits per heavy atom. The summed E-state index contributed by atoms with van der Waals surface area (Å²) in [6.45, 7) is 2.72. The molecule has 0 radical (unpaired) electrons. The lowest BCUT2D eigenvalue weighted by Crippen LogP contribution is -2.35. The summed E-state index contributed by atoms with van der Waals surface area (Å²) >= 11 is 1.42. The van der Waals surface area contributed by atoms with Gasteiger partial charge in [0, 0.05) is 0 Å². The lowest BCUT2D eigenvalue weighted by atomic mass is 10.2. The van der Waals surface area contributed by atoms with Crippen molar-refractivity contribution in [2.75, 3.05) is 17.7 Å². The standard InChI is InChI=1S/C25H23N3O3S/c1-2-31-24(30)19-12-6-7-13-20(19)26-23(29)17-32-25-27-21-14-8-9-15-22(21)28(25)16-18-10-4-3-5-11-18/h3-15H,2,16-17H2,1H3,(H,26,29,30)/p+1. The van der Waals surface area contributed by atoms with Crippen LogP contribution in [0.2, 0.25) is 0 Å². The highest BCUT2D eigenvalue weighted by Gasteiger charge is 2.21. The molecule has 3 aromatic carbocycles. The number of H-pyrrole nitrogens is 1. The lowest BCUT2D eigenvalue weighted by Gasteiger charge is -2.09. The second-order valence-corrected chi connectivity index (χ2v) is 8.09. The molecule has 0 atom stereocenters. The highest BCUT2D eigenvalue weighted by atomic mass is 32.2. The van der Waals surface area contributed by atoms with Gasteiger partial charge in [-0.2, -0.15) is 0 Å². The SMILES string of the molecule is CCOC(=O)c1ccccc1NC(=O)CSc1[nH]c2ccccc2[n+]1Cc1ccccc1. The quantitative estimate of drug-likeness (QED) is 0.239. The van der Waals surface area contributed by atoms with Crippen LogP contribution in [0.4, 0.5) is 5.69 Å². The topological polar surface area (TPSA) is 75.1 Å². The average Bonchev–Trinajstić information content (AvgIpc) is 3.16. The van der Waals surface area contributed by atoms with Gasteiger partial charge in [0.05, 0.1) is 23.6 Å². The third-order valence-electron chi connectivity index (χ3n) is 4.90. The number of fused-ring (bicyclic) bond motifs is 1. The fourth-order valence-electron chi connectivity index (χ4n) is 3.44. The molecular formula is C25H24N3O3S+. The van der Waals surface area contributed by atoms with Crippen LogP contribution >= 0.6 is 11.8 Å². The van der Waals surface area contributed by atoms with E-state index < -0.39 is 5.97 Å². The van der Waals surface area contributed by atoms with Gasteiger partial charge in [-0.25, -0.2) is 14.3 Å². The van der Waals surface area contributed by atoms with Crippen LogP contribution < -0.4 is 9.88 Å². The van der Waals surface area contributed by atoms with Gasteiger partial charge < -0.3 is 10.1 Å². The van der Waals surface area contributed by atoms with Crippen molar-refractivity contribution in [3.8, 4) is 0 Å². The molecule has 0 aliphatic rings. The van der Waals surface area contributed by atoms with E-state index in [2.05, 4.69) is 33.1 Å². The summed E-state index contributed by atoms with van der Waals surface area (Å²) in [5.74, 6) is -0.456. The number of benzene rings is 3. The van der Waals surface area contributed by atoms with Crippen LogP contribution in [-0.2, 0) is 16.1 Å². The Morgan fingerprint density at radius 3 is 2.50 bits per heavy atom. The number of hydrogen-bond acceptors (Lipinski definition) is 4. The first-order valence-corrected chi connectivity index (χ1v) is 11.4. The summed E-state index contributed by atoms with van der Waals surface area (Å²) in [5, 5.41) is 3.73. The Hall–Kier alpha value is -3.58. The minimum Gasteiger partial charge on any atom is -0.462 e. The second kappa shape index (κ2) is 10.2. The highest BCUT2D eigenvalue weighted by molar-refractivity contribution is 7.99. The average molecular weight is 447 g/mol. The van der Waals surface area contributed by atoms with E-state index in [9.17, 15) is 9.59 Å². The number of nitrogens with one attached hydrogen (secondary N) is 2. The molecule has 0 fully saturated rings. The minimum absolute atomic E-state index is 0.193. The Labute approximate surface area is 190 Å². The van der Waals surface area contributed by atoms with Gasteiger partial charge in [-0.15, -0.1) is 0 Å². The number of esters is 1. The molecule has 1 aromatic heterocycles. The van der Waals surface area contributed by atoms with Crippen LogP contribution in [0.5, 0.6) is 0 Å². The minimum atomic E-state index is -0.452. The van der Waals surface area contributed by atoms with Crippen LogP contribution in [0.25, 0.3) is 11.0 Å². The maximum Gasteiger partial charge on any atom is 0.340 e. The number of hydrogen-bond donors (Lipinski definition) is 2. The van der Waals surface area contributed by atoms with Crippen molar-refractivity contribution in [3.05, 3.63) is 90.0 Å². The van der Waals surface area contributed by atoms with Crippen LogP contribution in [0.1, 0.15) is 22.8 Å². The number of ether oxygens (including phenoxy) is 1. The van der Waals surface area contributed by atoms with Gasteiger partial charge in [0.1, 0.15) is 6.54 Å². The largest absolute Gasteiger partial charge is 0.462 e. The van der Waals surface area contributed by atoms with Crippen molar-refractivity contribution < 1.29 is 18.9 Å². The molecule has 0 saturated heterocycles. The molecule has 2 N–H and O–H groups in total. The Balaban J connectivity index is 1.51. The van der Waals surface area contributed by atoms with Crippen molar-refractivity contribution >= 4 is 40.4 Å². The first-order chi connectivity index (χ1) is 15.7. The molecule has 0 aliphatic heterocycles. The number of amides is 1. The Kier molecular flexibility index (Phi) is 6.87. The van der Waals surface area contributed by atoms with Crippen molar-refractivity contribution in [2.45, 2.75) is 18.6 Å². The number of imidazole rings is 1. The number of aromatic amines is 1. The summed E-state index contributed by atoms with van der Waals surface area (Å²) in [6, 6.07) is 25.2. The first-order valence-electron chi connectivity index (χ1n) is 10.4. The second-order valence-electron chi connectivity index (χ2n) is 7.12. The summed E-state index contributed by atoms with van der Waals surface area (Å²) in [6.07, 6.45) is 0. The van der Waals surface area contributed by atoms with Crippen molar-refractivity contribution in [2.24, 2.45) is 0 Å². The van der Waals surface area contributed by atoms with Crippen LogP contribution in [0, 0.1) is 0 Å². The summed E-state index contributed by atoms with van der Waals surface area (Å²) < 4.78 is 7.26. The number of para-hydroxylation sites is 3. The number of rotatable bonds is 8. The van der Waals surface area contributed by atoms with Crippen molar-refractivity contribution in [1.29, 1.82) is 0 Å². The van der Waals surface area contributed by atoms with Gasteiger partial charge in [0.25, 0.3) is 0 Å². The fourth-order valence-corrected chi connectivity index (χ4v) is 4.28. The van der Waals surface area contributed by atoms with E-state index in [1.165, 1.54) is 17.3 Å². The molecular weight excluding hydrogens is 422 g/mol. The number of carbonyl (C=O) groups is 2. The third kappa shape index (κ3) is 5.00. The molecule has 0 aliphatic carbocycles. The van der Waals surface area contributed by atoms with Crippen LogP contribution in [-0.4, -0.2) is 29.2 Å². The normalized spacial score (nSPS) is 10.8. The fraction of sp³-hybridized carbons (Fsp3) is 0.160. The van der Waals surface area contributed by atoms with Crippen molar-refractivity contribution in [1.82, 2.24) is 4.98 Å². The van der Waals surface area contributed by atoms with E-state index in [1.54, 1.807) is 31.2 Å². The molecule has 6 nitrogen and oxygen atoms in total. The third-order valence-corrected chi connectivity index (χ3v) is 5.90. The first kappa shape index (κ1) is 21.6. The number of nitrogens with zero attached hydrogens (tertiary/aromatic N) is 1. The maximum atomic E-state index is 12.7. The molecule has 162 valence electrons. The molecule has 0 spiro atoms. The smallest absolute Gasteiger partial charge is 0.340 e. The van der Waals surface area contributed by atoms with E-state index in [1.807, 2.05) is 36.4 Å². The van der Waals surface area contributed by atoms with E-state index >= 15 is 0 Å². The molecule has 32 heavy (non-hydrogen) atoms. The predicted octanol–water partition coefficient (Wildman–Crippen LogP) is 4.41. The Bertz CT molecular complexity index is 1240. The molecule has 1 heterocycles. The van der Waals surface area contributed by atoms with Gasteiger partial charge in [-0.05, 0) is 48.5 Å². The Morgan fingerprint density at radius 2 is 1.69 bits per heavy atom. The maximum absolute atomic E-state index is 12.7. The number of carbonyl (C=O) groups excluding carboxylic acids is 2. The van der Waals surface area contributed by atoms with E-state index in [4.69, 9.17) is 4.74 Å². The van der Waals surface area contributed by atoms with Crippen LogP contribution in [0.3, 0.4) is 0 Å². The van der Waals surface area contributed by atoms with Gasteiger partial charge in [-0.3, -0.25) is 4.79 Å². The van der Waals surface area contributed by atoms with E-state index in [-0.39, 0.29) is 18.3 Å². The van der Waals surface area contributed by atoms with Gasteiger partial charge >= 0.3 is 11.1 Å². The van der Waals surface area contributed by atoms with E-state index in [0.717, 1.165) is 16.2 Å². The number of thioether (sulfide) groups is 1. The number of aromatic nitrogens is 2. The molecule has 4 aromatic rings.